The third-order valence-corrected chi connectivity index (χ3v) is 3.72. The molecule has 0 aliphatic carbocycles. The zero-order valence-corrected chi connectivity index (χ0v) is 12.4. The van der Waals surface area contributed by atoms with Crippen molar-refractivity contribution in [1.82, 2.24) is 10.6 Å². The number of nitrogens with one attached hydrogen (secondary N) is 2. The highest BCUT2D eigenvalue weighted by molar-refractivity contribution is 8.00. The summed E-state index contributed by atoms with van der Waals surface area (Å²) in [5, 5.41) is 6.14. The van der Waals surface area contributed by atoms with Crippen LogP contribution >= 0.6 is 11.8 Å². The first-order valence-corrected chi connectivity index (χ1v) is 7.49. The topological polar surface area (TPSA) is 41.1 Å². The van der Waals surface area contributed by atoms with Crippen LogP contribution in [-0.4, -0.2) is 24.7 Å². The van der Waals surface area contributed by atoms with E-state index in [9.17, 15) is 4.79 Å². The fourth-order valence-corrected chi connectivity index (χ4v) is 2.39. The molecule has 0 fully saturated rings. The van der Waals surface area contributed by atoms with Crippen molar-refractivity contribution in [3.63, 3.8) is 0 Å². The number of benzene rings is 1. The Labute approximate surface area is 119 Å². The highest BCUT2D eigenvalue weighted by Crippen LogP contribution is 2.20. The molecule has 19 heavy (non-hydrogen) atoms. The van der Waals surface area contributed by atoms with E-state index in [0.29, 0.717) is 18.3 Å². The zero-order chi connectivity index (χ0) is 14.1. The number of hydrogen-bond donors (Lipinski definition) is 2. The monoisotopic (exact) mass is 278 g/mol. The molecule has 1 unspecified atom stereocenters. The largest absolute Gasteiger partial charge is 0.352 e. The first-order valence-electron chi connectivity index (χ1n) is 6.51. The highest BCUT2D eigenvalue weighted by Gasteiger charge is 2.05. The molecule has 0 aliphatic heterocycles. The van der Waals surface area contributed by atoms with E-state index >= 15 is 0 Å². The van der Waals surface area contributed by atoms with Crippen LogP contribution in [0.1, 0.15) is 25.5 Å². The van der Waals surface area contributed by atoms with Crippen molar-refractivity contribution >= 4 is 17.7 Å². The predicted molar refractivity (Wildman–Crippen MR) is 82.5 cm³/mol. The summed E-state index contributed by atoms with van der Waals surface area (Å²) in [5.41, 5.74) is 1.27. The molecule has 1 atom stereocenters. The lowest BCUT2D eigenvalue weighted by Crippen LogP contribution is -2.24. The molecule has 0 heterocycles. The van der Waals surface area contributed by atoms with Gasteiger partial charge in [-0.05, 0) is 31.2 Å². The maximum Gasteiger partial charge on any atom is 0.230 e. The van der Waals surface area contributed by atoms with Gasteiger partial charge in [0.1, 0.15) is 0 Å². The Morgan fingerprint density at radius 1 is 1.42 bits per heavy atom. The Morgan fingerprint density at radius 2 is 2.11 bits per heavy atom. The van der Waals surface area contributed by atoms with Gasteiger partial charge in [-0.15, -0.1) is 18.3 Å². The first-order chi connectivity index (χ1) is 9.17. The molecule has 1 aromatic carbocycles. The van der Waals surface area contributed by atoms with E-state index in [0.717, 1.165) is 11.4 Å². The van der Waals surface area contributed by atoms with Crippen LogP contribution in [-0.2, 0) is 4.79 Å². The summed E-state index contributed by atoms with van der Waals surface area (Å²) in [6, 6.07) is 8.71. The van der Waals surface area contributed by atoms with E-state index in [-0.39, 0.29) is 5.91 Å². The molecule has 0 spiro atoms. The van der Waals surface area contributed by atoms with Gasteiger partial charge in [0, 0.05) is 17.5 Å². The molecule has 4 heteroatoms. The minimum atomic E-state index is 0.0370. The number of carbonyl (C=O) groups excluding carboxylic acids is 1. The van der Waals surface area contributed by atoms with Crippen LogP contribution in [0.4, 0.5) is 0 Å². The van der Waals surface area contributed by atoms with Gasteiger partial charge in [-0.2, -0.15) is 0 Å². The van der Waals surface area contributed by atoms with Gasteiger partial charge in [-0.3, -0.25) is 4.79 Å². The van der Waals surface area contributed by atoms with Crippen LogP contribution < -0.4 is 10.6 Å². The van der Waals surface area contributed by atoms with Gasteiger partial charge in [0.25, 0.3) is 0 Å². The molecule has 0 saturated heterocycles. The average Bonchev–Trinajstić information content (AvgIpc) is 2.43. The molecule has 0 bridgehead atoms. The van der Waals surface area contributed by atoms with Gasteiger partial charge in [0.2, 0.25) is 5.91 Å². The fraction of sp³-hybridized carbons (Fsp3) is 0.400. The van der Waals surface area contributed by atoms with Gasteiger partial charge in [0.05, 0.1) is 5.75 Å². The molecule has 1 rings (SSSR count). The molecule has 0 radical (unpaired) electrons. The lowest BCUT2D eigenvalue weighted by Gasteiger charge is -2.13. The Bertz CT molecular complexity index is 403. The normalized spacial score (nSPS) is 11.9. The van der Waals surface area contributed by atoms with Crippen molar-refractivity contribution in [3.05, 3.63) is 42.5 Å². The summed E-state index contributed by atoms with van der Waals surface area (Å²) >= 11 is 1.55. The smallest absolute Gasteiger partial charge is 0.230 e. The van der Waals surface area contributed by atoms with Crippen molar-refractivity contribution in [1.29, 1.82) is 0 Å². The molecule has 0 aliphatic rings. The van der Waals surface area contributed by atoms with Gasteiger partial charge in [-0.25, -0.2) is 0 Å². The molecular formula is C15H22N2OS. The minimum Gasteiger partial charge on any atom is -0.352 e. The van der Waals surface area contributed by atoms with Crippen LogP contribution in [0.25, 0.3) is 0 Å². The number of thioether (sulfide) groups is 1. The molecule has 0 saturated carbocycles. The maximum absolute atomic E-state index is 11.4. The SMILES string of the molecule is C=CCNC(=O)CSc1ccc(C(C)NCC)cc1. The fourth-order valence-electron chi connectivity index (χ4n) is 1.66. The van der Waals surface area contributed by atoms with Crippen LogP contribution in [0.2, 0.25) is 0 Å². The number of rotatable bonds is 8. The van der Waals surface area contributed by atoms with Crippen LogP contribution in [0.15, 0.2) is 41.8 Å². The number of hydrogen-bond acceptors (Lipinski definition) is 3. The van der Waals surface area contributed by atoms with Crippen molar-refractivity contribution < 1.29 is 4.79 Å². The Hall–Kier alpha value is -1.26. The lowest BCUT2D eigenvalue weighted by atomic mass is 10.1. The molecule has 0 aromatic heterocycles. The van der Waals surface area contributed by atoms with Gasteiger partial charge < -0.3 is 10.6 Å². The van der Waals surface area contributed by atoms with Gasteiger partial charge in [-0.1, -0.05) is 25.1 Å². The van der Waals surface area contributed by atoms with Crippen molar-refractivity contribution in [2.45, 2.75) is 24.8 Å². The quantitative estimate of drug-likeness (QED) is 0.567. The zero-order valence-electron chi connectivity index (χ0n) is 11.6. The summed E-state index contributed by atoms with van der Waals surface area (Å²) in [6.45, 7) is 9.30. The molecule has 1 aromatic rings. The second kappa shape index (κ2) is 8.77. The van der Waals surface area contributed by atoms with Crippen LogP contribution in [0, 0.1) is 0 Å². The molecule has 3 nitrogen and oxygen atoms in total. The lowest BCUT2D eigenvalue weighted by molar-refractivity contribution is -0.118. The second-order valence-electron chi connectivity index (χ2n) is 4.23. The van der Waals surface area contributed by atoms with Crippen molar-refractivity contribution in [3.8, 4) is 0 Å². The summed E-state index contributed by atoms with van der Waals surface area (Å²) in [5.74, 6) is 0.477. The first kappa shape index (κ1) is 15.8. The summed E-state index contributed by atoms with van der Waals surface area (Å²) < 4.78 is 0. The second-order valence-corrected chi connectivity index (χ2v) is 5.28. The molecule has 104 valence electrons. The van der Waals surface area contributed by atoms with Crippen LogP contribution in [0.3, 0.4) is 0 Å². The van der Waals surface area contributed by atoms with Crippen molar-refractivity contribution in [2.75, 3.05) is 18.8 Å². The maximum atomic E-state index is 11.4. The standard InChI is InChI=1S/C15H22N2OS/c1-4-10-17-15(18)11-19-14-8-6-13(7-9-14)12(3)16-5-2/h4,6-9,12,16H,1,5,10-11H2,2-3H3,(H,17,18). The number of amides is 1. The molecule has 1 amide bonds. The summed E-state index contributed by atoms with van der Waals surface area (Å²) in [7, 11) is 0. The Balaban J connectivity index is 2.43. The van der Waals surface area contributed by atoms with Crippen LogP contribution in [0.5, 0.6) is 0 Å². The molecular weight excluding hydrogens is 256 g/mol. The Kier molecular flexibility index (Phi) is 7.30. The van der Waals surface area contributed by atoms with E-state index < -0.39 is 0 Å². The third-order valence-electron chi connectivity index (χ3n) is 2.70. The average molecular weight is 278 g/mol. The van der Waals surface area contributed by atoms with E-state index in [2.05, 4.69) is 55.3 Å². The van der Waals surface area contributed by atoms with Gasteiger partial charge >= 0.3 is 0 Å². The predicted octanol–water partition coefficient (Wildman–Crippen LogP) is 2.75. The van der Waals surface area contributed by atoms with E-state index in [4.69, 9.17) is 0 Å². The Morgan fingerprint density at radius 3 is 2.68 bits per heavy atom. The van der Waals surface area contributed by atoms with E-state index in [1.807, 2.05) is 0 Å². The molecule has 2 N–H and O–H groups in total. The third kappa shape index (κ3) is 5.94. The van der Waals surface area contributed by atoms with E-state index in [1.165, 1.54) is 5.56 Å². The van der Waals surface area contributed by atoms with Crippen molar-refractivity contribution in [2.24, 2.45) is 0 Å². The summed E-state index contributed by atoms with van der Waals surface area (Å²) in [4.78, 5) is 12.6. The van der Waals surface area contributed by atoms with Gasteiger partial charge in [0.15, 0.2) is 0 Å². The number of carbonyl (C=O) groups is 1. The summed E-state index contributed by atoms with van der Waals surface area (Å²) in [6.07, 6.45) is 1.68. The minimum absolute atomic E-state index is 0.0370. The highest BCUT2D eigenvalue weighted by atomic mass is 32.2. The van der Waals surface area contributed by atoms with E-state index in [1.54, 1.807) is 17.8 Å².